The molecule has 0 aliphatic heterocycles. The number of carboxylic acid groups (broad SMARTS) is 1. The zero-order valence-electron chi connectivity index (χ0n) is 24.1. The maximum atomic E-state index is 12.8. The fraction of sp³-hybridized carbons (Fsp3) is 0.875. The maximum Gasteiger partial charge on any atom is 0.313 e. The first-order valence-corrected chi connectivity index (χ1v) is 14.6. The minimum absolute atomic E-state index is 0.0136. The summed E-state index contributed by atoms with van der Waals surface area (Å²) in [6, 6.07) is 0. The van der Waals surface area contributed by atoms with Crippen molar-refractivity contribution in [3.8, 4) is 0 Å². The number of carbonyl (C=O) groups excluding carboxylic acids is 1. The predicted molar refractivity (Wildman–Crippen MR) is 142 cm³/mol. The molecule has 0 amide bonds. The Hall–Kier alpha value is -1.32. The van der Waals surface area contributed by atoms with Crippen LogP contribution in [0.5, 0.6) is 0 Å². The molecular weight excluding hydrogens is 448 g/mol. The molecule has 0 saturated heterocycles. The number of hydrogen-bond acceptors (Lipinski definition) is 3. The molecule has 0 spiro atoms. The monoisotopic (exact) mass is 498 g/mol. The van der Waals surface area contributed by atoms with Crippen molar-refractivity contribution < 1.29 is 19.4 Å². The van der Waals surface area contributed by atoms with Crippen LogP contribution in [-0.4, -0.2) is 23.1 Å². The average molecular weight is 499 g/mol. The third-order valence-corrected chi connectivity index (χ3v) is 13.4. The normalized spacial score (nSPS) is 51.5. The van der Waals surface area contributed by atoms with Crippen molar-refractivity contribution in [2.24, 2.45) is 50.2 Å². The lowest BCUT2D eigenvalue weighted by Crippen LogP contribution is -2.66. The average Bonchev–Trinajstić information content (AvgIpc) is 2.77. The van der Waals surface area contributed by atoms with E-state index in [1.807, 2.05) is 6.92 Å². The van der Waals surface area contributed by atoms with Crippen LogP contribution in [0.2, 0.25) is 0 Å². The van der Waals surface area contributed by atoms with Gasteiger partial charge in [0.1, 0.15) is 11.5 Å². The van der Waals surface area contributed by atoms with Gasteiger partial charge in [-0.3, -0.25) is 9.59 Å². The van der Waals surface area contributed by atoms with E-state index in [2.05, 4.69) is 47.6 Å². The lowest BCUT2D eigenvalue weighted by Gasteiger charge is -2.71. The molecule has 4 heteroatoms. The Kier molecular flexibility index (Phi) is 5.74. The molecule has 4 fully saturated rings. The Bertz CT molecular complexity index is 996. The van der Waals surface area contributed by atoms with Gasteiger partial charge in [-0.2, -0.15) is 0 Å². The summed E-state index contributed by atoms with van der Waals surface area (Å²) in [7, 11) is 0. The van der Waals surface area contributed by atoms with Crippen LogP contribution in [-0.2, 0) is 14.3 Å². The standard InChI is InChI=1S/C32H50O4/c1-20(33)36-25-12-13-29(5)23-10-9-21-22-19-27(2,3)15-16-28(22,4)17-18-30(21,6)31(23,7)14-11-24(29)32(25,8)26(34)35/h9,22-25H,10-19H2,1-8H3,(H,34,35)/t22-,23+,24+,25+,28+,29+,30+,31+,32+/m0/s1. The van der Waals surface area contributed by atoms with Gasteiger partial charge in [0.05, 0.1) is 0 Å². The third kappa shape index (κ3) is 3.30. The highest BCUT2D eigenvalue weighted by atomic mass is 16.5. The molecule has 0 radical (unpaired) electrons. The first kappa shape index (κ1) is 26.3. The quantitative estimate of drug-likeness (QED) is 0.311. The highest BCUT2D eigenvalue weighted by Crippen LogP contribution is 2.75. The van der Waals surface area contributed by atoms with E-state index in [1.165, 1.54) is 39.0 Å². The van der Waals surface area contributed by atoms with Crippen molar-refractivity contribution in [3.63, 3.8) is 0 Å². The Balaban J connectivity index is 1.56. The molecule has 4 saturated carbocycles. The van der Waals surface area contributed by atoms with Crippen LogP contribution in [0, 0.1) is 50.2 Å². The minimum Gasteiger partial charge on any atom is -0.481 e. The molecular formula is C32H50O4. The van der Waals surface area contributed by atoms with Gasteiger partial charge in [0.15, 0.2) is 0 Å². The second kappa shape index (κ2) is 7.85. The Morgan fingerprint density at radius 2 is 1.56 bits per heavy atom. The summed E-state index contributed by atoms with van der Waals surface area (Å²) in [5.74, 6) is -0.0260. The second-order valence-corrected chi connectivity index (χ2v) is 15.6. The summed E-state index contributed by atoms with van der Waals surface area (Å²) >= 11 is 0. The number of rotatable bonds is 2. The van der Waals surface area contributed by atoms with Crippen LogP contribution in [0.3, 0.4) is 0 Å². The van der Waals surface area contributed by atoms with Crippen LogP contribution >= 0.6 is 0 Å². The molecule has 36 heavy (non-hydrogen) atoms. The number of allylic oxidation sites excluding steroid dienone is 2. The summed E-state index contributed by atoms with van der Waals surface area (Å²) in [5, 5.41) is 10.5. The van der Waals surface area contributed by atoms with Gasteiger partial charge < -0.3 is 9.84 Å². The molecule has 5 aliphatic carbocycles. The number of carboxylic acids is 1. The summed E-state index contributed by atoms with van der Waals surface area (Å²) in [4.78, 5) is 24.8. The molecule has 9 atom stereocenters. The van der Waals surface area contributed by atoms with E-state index in [-0.39, 0.29) is 28.1 Å². The number of ether oxygens (including phenoxy) is 1. The highest BCUT2D eigenvalue weighted by Gasteiger charge is 2.70. The fourth-order valence-corrected chi connectivity index (χ4v) is 10.9. The number of esters is 1. The summed E-state index contributed by atoms with van der Waals surface area (Å²) in [6.45, 7) is 18.3. The van der Waals surface area contributed by atoms with E-state index >= 15 is 0 Å². The number of carbonyl (C=O) groups is 2. The summed E-state index contributed by atoms with van der Waals surface area (Å²) in [6.07, 6.45) is 13.3. The number of hydrogen-bond donors (Lipinski definition) is 1. The van der Waals surface area contributed by atoms with Crippen molar-refractivity contribution in [1.29, 1.82) is 0 Å². The van der Waals surface area contributed by atoms with Crippen molar-refractivity contribution in [2.75, 3.05) is 0 Å². The smallest absolute Gasteiger partial charge is 0.313 e. The summed E-state index contributed by atoms with van der Waals surface area (Å²) < 4.78 is 5.69. The van der Waals surface area contributed by atoms with Gasteiger partial charge in [-0.15, -0.1) is 0 Å². The first-order valence-electron chi connectivity index (χ1n) is 14.6. The molecule has 1 N–H and O–H groups in total. The molecule has 4 nitrogen and oxygen atoms in total. The number of aliphatic carboxylic acids is 1. The molecule has 202 valence electrons. The fourth-order valence-electron chi connectivity index (χ4n) is 10.9. The van der Waals surface area contributed by atoms with Crippen LogP contribution < -0.4 is 0 Å². The van der Waals surface area contributed by atoms with Crippen LogP contribution in [0.1, 0.15) is 120 Å². The summed E-state index contributed by atoms with van der Waals surface area (Å²) in [5.41, 5.74) is 1.81. The topological polar surface area (TPSA) is 63.6 Å². The van der Waals surface area contributed by atoms with Gasteiger partial charge >= 0.3 is 11.9 Å². The molecule has 0 aromatic carbocycles. The molecule has 0 aromatic rings. The van der Waals surface area contributed by atoms with E-state index in [1.54, 1.807) is 5.57 Å². The largest absolute Gasteiger partial charge is 0.481 e. The van der Waals surface area contributed by atoms with E-state index < -0.39 is 17.5 Å². The lowest BCUT2D eigenvalue weighted by atomic mass is 9.33. The highest BCUT2D eigenvalue weighted by molar-refractivity contribution is 5.77. The molecule has 0 bridgehead atoms. The molecule has 0 aromatic heterocycles. The van der Waals surface area contributed by atoms with E-state index in [4.69, 9.17) is 4.74 Å². The van der Waals surface area contributed by atoms with Gasteiger partial charge in [0.2, 0.25) is 0 Å². The van der Waals surface area contributed by atoms with Gasteiger partial charge in [0.25, 0.3) is 0 Å². The number of fused-ring (bicyclic) bond motifs is 7. The third-order valence-electron chi connectivity index (χ3n) is 13.4. The van der Waals surface area contributed by atoms with Crippen molar-refractivity contribution >= 4 is 11.9 Å². The maximum absolute atomic E-state index is 12.8. The molecule has 0 heterocycles. The molecule has 5 rings (SSSR count). The van der Waals surface area contributed by atoms with Gasteiger partial charge in [-0.1, -0.05) is 53.2 Å². The van der Waals surface area contributed by atoms with Gasteiger partial charge in [-0.05, 0) is 116 Å². The van der Waals surface area contributed by atoms with E-state index in [0.717, 1.165) is 25.7 Å². The predicted octanol–water partition coefficient (Wildman–Crippen LogP) is 7.80. The van der Waals surface area contributed by atoms with Crippen molar-refractivity contribution in [1.82, 2.24) is 0 Å². The molecule has 5 aliphatic rings. The Labute approximate surface area is 219 Å². The van der Waals surface area contributed by atoms with Crippen molar-refractivity contribution in [3.05, 3.63) is 11.6 Å². The first-order chi connectivity index (χ1) is 16.5. The second-order valence-electron chi connectivity index (χ2n) is 15.6. The van der Waals surface area contributed by atoms with Crippen LogP contribution in [0.15, 0.2) is 11.6 Å². The SMILES string of the molecule is CC(=O)O[C@@H]1CC[C@@]2(C)[C@@H](CC[C@]3(C)[C@@H]2CC=C2[C@@H]4CC(C)(C)CC[C@]4(C)CC[C@]23C)[C@@]1(C)C(=O)O. The van der Waals surface area contributed by atoms with Gasteiger partial charge in [0, 0.05) is 6.92 Å². The zero-order valence-corrected chi connectivity index (χ0v) is 24.1. The van der Waals surface area contributed by atoms with Crippen LogP contribution in [0.25, 0.3) is 0 Å². The van der Waals surface area contributed by atoms with Crippen molar-refractivity contribution in [2.45, 2.75) is 126 Å². The van der Waals surface area contributed by atoms with Gasteiger partial charge in [-0.25, -0.2) is 0 Å². The van der Waals surface area contributed by atoms with E-state index in [0.29, 0.717) is 29.1 Å². The lowest BCUT2D eigenvalue weighted by molar-refractivity contribution is -0.222. The Morgan fingerprint density at radius 3 is 2.19 bits per heavy atom. The molecule has 0 unspecified atom stereocenters. The zero-order chi connectivity index (χ0) is 26.5. The Morgan fingerprint density at radius 1 is 0.889 bits per heavy atom. The van der Waals surface area contributed by atoms with Crippen LogP contribution in [0.4, 0.5) is 0 Å². The minimum atomic E-state index is -1.04. The van der Waals surface area contributed by atoms with E-state index in [9.17, 15) is 14.7 Å².